The highest BCUT2D eigenvalue weighted by Gasteiger charge is 2.15. The lowest BCUT2D eigenvalue weighted by molar-refractivity contribution is 0.171. The van der Waals surface area contributed by atoms with E-state index in [1.807, 2.05) is 48.0 Å². The van der Waals surface area contributed by atoms with E-state index in [2.05, 4.69) is 20.6 Å². The zero-order valence-corrected chi connectivity index (χ0v) is 15.5. The Morgan fingerprint density at radius 1 is 1.21 bits per heavy atom. The van der Waals surface area contributed by atoms with Gasteiger partial charge in [0.2, 0.25) is 0 Å². The predicted octanol–water partition coefficient (Wildman–Crippen LogP) is 2.60. The van der Waals surface area contributed by atoms with Gasteiger partial charge in [0, 0.05) is 25.1 Å². The summed E-state index contributed by atoms with van der Waals surface area (Å²) >= 11 is 0. The quantitative estimate of drug-likeness (QED) is 0.711. The minimum absolute atomic E-state index is 0.169. The monoisotopic (exact) mass is 379 g/mol. The van der Waals surface area contributed by atoms with E-state index in [1.54, 1.807) is 18.7 Å². The molecule has 4 rings (SSSR count). The molecule has 0 saturated heterocycles. The molecule has 144 valence electrons. The summed E-state index contributed by atoms with van der Waals surface area (Å²) in [5.41, 5.74) is 1.86. The minimum atomic E-state index is -0.249. The Morgan fingerprint density at radius 3 is 2.82 bits per heavy atom. The molecule has 0 saturated carbocycles. The molecule has 0 aliphatic carbocycles. The number of carbonyl (C=O) groups is 1. The third kappa shape index (κ3) is 4.06. The van der Waals surface area contributed by atoms with Gasteiger partial charge in [-0.25, -0.2) is 14.8 Å². The van der Waals surface area contributed by atoms with Gasteiger partial charge in [0.25, 0.3) is 0 Å². The second-order valence-electron chi connectivity index (χ2n) is 6.45. The largest absolute Gasteiger partial charge is 0.486 e. The van der Waals surface area contributed by atoms with Crippen LogP contribution in [0.2, 0.25) is 0 Å². The SMILES string of the molecule is CC(NC(=O)NCc1ccc(-n2ccnc2)nc1)c1ccc2c(c1)OCCO2. The highest BCUT2D eigenvalue weighted by molar-refractivity contribution is 5.74. The zero-order valence-electron chi connectivity index (χ0n) is 15.5. The van der Waals surface area contributed by atoms with Gasteiger partial charge in [-0.1, -0.05) is 12.1 Å². The molecule has 3 aromatic rings. The number of benzene rings is 1. The van der Waals surface area contributed by atoms with Crippen LogP contribution in [-0.4, -0.2) is 33.8 Å². The zero-order chi connectivity index (χ0) is 19.3. The van der Waals surface area contributed by atoms with Crippen molar-refractivity contribution in [3.63, 3.8) is 0 Å². The van der Waals surface area contributed by atoms with Crippen molar-refractivity contribution in [2.45, 2.75) is 19.5 Å². The number of amides is 2. The third-order valence-corrected chi connectivity index (χ3v) is 4.44. The van der Waals surface area contributed by atoms with Crippen molar-refractivity contribution in [3.05, 3.63) is 66.4 Å². The van der Waals surface area contributed by atoms with Gasteiger partial charge in [0.05, 0.1) is 6.04 Å². The van der Waals surface area contributed by atoms with Crippen LogP contribution in [0.1, 0.15) is 24.1 Å². The van der Waals surface area contributed by atoms with Crippen LogP contribution in [-0.2, 0) is 6.54 Å². The number of ether oxygens (including phenoxy) is 2. The molecule has 1 aliphatic rings. The Hall–Kier alpha value is -3.55. The van der Waals surface area contributed by atoms with Crippen LogP contribution >= 0.6 is 0 Å². The molecule has 28 heavy (non-hydrogen) atoms. The molecule has 1 unspecified atom stereocenters. The van der Waals surface area contributed by atoms with Crippen LogP contribution in [0, 0.1) is 0 Å². The van der Waals surface area contributed by atoms with Gasteiger partial charge in [-0.3, -0.25) is 4.57 Å². The summed E-state index contributed by atoms with van der Waals surface area (Å²) in [6.07, 6.45) is 6.95. The van der Waals surface area contributed by atoms with Crippen molar-refractivity contribution in [2.75, 3.05) is 13.2 Å². The van der Waals surface area contributed by atoms with Gasteiger partial charge in [-0.2, -0.15) is 0 Å². The minimum Gasteiger partial charge on any atom is -0.486 e. The lowest BCUT2D eigenvalue weighted by Crippen LogP contribution is -2.36. The van der Waals surface area contributed by atoms with Crippen molar-refractivity contribution in [3.8, 4) is 17.3 Å². The number of hydrogen-bond donors (Lipinski definition) is 2. The Labute approximate surface area is 162 Å². The Kier molecular flexibility index (Phi) is 5.09. The number of fused-ring (bicyclic) bond motifs is 1. The van der Waals surface area contributed by atoms with Gasteiger partial charge in [0.1, 0.15) is 25.4 Å². The number of imidazole rings is 1. The number of urea groups is 1. The molecule has 0 bridgehead atoms. The van der Waals surface area contributed by atoms with Gasteiger partial charge in [0.15, 0.2) is 11.5 Å². The van der Waals surface area contributed by atoms with Gasteiger partial charge in [-0.05, 0) is 36.2 Å². The second-order valence-corrected chi connectivity index (χ2v) is 6.45. The molecule has 8 nitrogen and oxygen atoms in total. The topological polar surface area (TPSA) is 90.3 Å². The van der Waals surface area contributed by atoms with Crippen molar-refractivity contribution in [1.82, 2.24) is 25.2 Å². The molecule has 2 N–H and O–H groups in total. The average Bonchev–Trinajstić information content (AvgIpc) is 3.27. The summed E-state index contributed by atoms with van der Waals surface area (Å²) in [6, 6.07) is 9.09. The number of aromatic nitrogens is 3. The van der Waals surface area contributed by atoms with E-state index in [4.69, 9.17) is 9.47 Å². The molecule has 2 amide bonds. The number of rotatable bonds is 5. The summed E-state index contributed by atoms with van der Waals surface area (Å²) in [6.45, 7) is 3.40. The van der Waals surface area contributed by atoms with Crippen LogP contribution in [0.3, 0.4) is 0 Å². The van der Waals surface area contributed by atoms with Crippen LogP contribution in [0.25, 0.3) is 5.82 Å². The maximum atomic E-state index is 12.2. The lowest BCUT2D eigenvalue weighted by atomic mass is 10.1. The summed E-state index contributed by atoms with van der Waals surface area (Å²) < 4.78 is 12.9. The lowest BCUT2D eigenvalue weighted by Gasteiger charge is -2.21. The summed E-state index contributed by atoms with van der Waals surface area (Å²) in [7, 11) is 0. The van der Waals surface area contributed by atoms with Gasteiger partial charge < -0.3 is 20.1 Å². The van der Waals surface area contributed by atoms with E-state index < -0.39 is 0 Å². The van der Waals surface area contributed by atoms with E-state index >= 15 is 0 Å². The van der Waals surface area contributed by atoms with E-state index in [9.17, 15) is 4.79 Å². The summed E-state index contributed by atoms with van der Waals surface area (Å²) in [5, 5.41) is 5.78. The average molecular weight is 379 g/mol. The van der Waals surface area contributed by atoms with Crippen LogP contribution in [0.15, 0.2) is 55.2 Å². The van der Waals surface area contributed by atoms with Crippen LogP contribution < -0.4 is 20.1 Å². The van der Waals surface area contributed by atoms with Crippen LogP contribution in [0.5, 0.6) is 11.5 Å². The second kappa shape index (κ2) is 7.99. The summed E-state index contributed by atoms with van der Waals surface area (Å²) in [5.74, 6) is 2.22. The number of nitrogens with zero attached hydrogens (tertiary/aromatic N) is 3. The maximum Gasteiger partial charge on any atom is 0.315 e. The number of pyridine rings is 1. The van der Waals surface area contributed by atoms with E-state index in [-0.39, 0.29) is 12.1 Å². The fraction of sp³-hybridized carbons (Fsp3) is 0.250. The smallest absolute Gasteiger partial charge is 0.315 e. The molecule has 8 heteroatoms. The molecule has 0 fully saturated rings. The van der Waals surface area contributed by atoms with E-state index in [0.717, 1.165) is 22.7 Å². The molecular weight excluding hydrogens is 358 g/mol. The first kappa shape index (κ1) is 17.8. The molecule has 1 aromatic carbocycles. The number of carbonyl (C=O) groups excluding carboxylic acids is 1. The molecule has 2 aromatic heterocycles. The Balaban J connectivity index is 1.30. The van der Waals surface area contributed by atoms with E-state index in [1.165, 1.54) is 0 Å². The standard InChI is InChI=1S/C20H21N5O3/c1-14(16-3-4-17-18(10-16)28-9-8-27-17)24-20(26)23-12-15-2-5-19(22-11-15)25-7-6-21-13-25/h2-7,10-11,13-14H,8-9,12H2,1H3,(H2,23,24,26). The molecular formula is C20H21N5O3. The molecule has 0 spiro atoms. The Morgan fingerprint density at radius 2 is 2.07 bits per heavy atom. The van der Waals surface area contributed by atoms with Crippen molar-refractivity contribution < 1.29 is 14.3 Å². The first-order valence-electron chi connectivity index (χ1n) is 9.06. The number of nitrogens with one attached hydrogen (secondary N) is 2. The first-order valence-corrected chi connectivity index (χ1v) is 9.06. The molecule has 3 heterocycles. The maximum absolute atomic E-state index is 12.2. The Bertz CT molecular complexity index is 941. The van der Waals surface area contributed by atoms with Crippen LogP contribution in [0.4, 0.5) is 4.79 Å². The van der Waals surface area contributed by atoms with Gasteiger partial charge in [-0.15, -0.1) is 0 Å². The number of hydrogen-bond acceptors (Lipinski definition) is 5. The van der Waals surface area contributed by atoms with Gasteiger partial charge >= 0.3 is 6.03 Å². The molecule has 1 atom stereocenters. The molecule has 0 radical (unpaired) electrons. The highest BCUT2D eigenvalue weighted by atomic mass is 16.6. The predicted molar refractivity (Wildman–Crippen MR) is 103 cm³/mol. The molecule has 1 aliphatic heterocycles. The normalized spacial score (nSPS) is 13.6. The summed E-state index contributed by atoms with van der Waals surface area (Å²) in [4.78, 5) is 20.6. The third-order valence-electron chi connectivity index (χ3n) is 4.44. The van der Waals surface area contributed by atoms with E-state index in [0.29, 0.717) is 25.5 Å². The fourth-order valence-corrected chi connectivity index (χ4v) is 2.91. The van der Waals surface area contributed by atoms with Crippen molar-refractivity contribution in [2.24, 2.45) is 0 Å². The highest BCUT2D eigenvalue weighted by Crippen LogP contribution is 2.32. The van der Waals surface area contributed by atoms with Crippen molar-refractivity contribution >= 4 is 6.03 Å². The fourth-order valence-electron chi connectivity index (χ4n) is 2.91. The van der Waals surface area contributed by atoms with Crippen molar-refractivity contribution in [1.29, 1.82) is 0 Å². The first-order chi connectivity index (χ1) is 13.7.